The number of carbonyl (C=O) groups excluding carboxylic acids is 3. The van der Waals surface area contributed by atoms with E-state index in [0.29, 0.717) is 19.3 Å². The van der Waals surface area contributed by atoms with Gasteiger partial charge in [0.05, 0.1) is 0 Å². The smallest absolute Gasteiger partial charge is 0.306 e. The lowest BCUT2D eigenvalue weighted by molar-refractivity contribution is -0.167. The van der Waals surface area contributed by atoms with Gasteiger partial charge in [0.25, 0.3) is 0 Å². The van der Waals surface area contributed by atoms with Gasteiger partial charge < -0.3 is 14.2 Å². The Kier molecular flexibility index (Phi) is 46.0. The molecule has 0 radical (unpaired) electrons. The van der Waals surface area contributed by atoms with Gasteiger partial charge in [-0.05, 0) is 70.6 Å². The van der Waals surface area contributed by atoms with Crippen molar-refractivity contribution < 1.29 is 28.6 Å². The summed E-state index contributed by atoms with van der Waals surface area (Å²) in [5.41, 5.74) is 0. The lowest BCUT2D eigenvalue weighted by Crippen LogP contribution is -2.30. The van der Waals surface area contributed by atoms with Crippen LogP contribution >= 0.6 is 0 Å². The number of hydrogen-bond acceptors (Lipinski definition) is 6. The number of unbranched alkanes of at least 4 members (excludes halogenated alkanes) is 21. The van der Waals surface area contributed by atoms with Crippen molar-refractivity contribution in [1.82, 2.24) is 0 Å². The lowest BCUT2D eigenvalue weighted by atomic mass is 10.0. The van der Waals surface area contributed by atoms with Gasteiger partial charge in [-0.15, -0.1) is 0 Å². The number of allylic oxidation sites excluding steroid dienone is 12. The second kappa shape index (κ2) is 48.5. The molecule has 0 aliphatic heterocycles. The molecule has 0 saturated heterocycles. The highest BCUT2D eigenvalue weighted by Crippen LogP contribution is 2.14. The Hall–Kier alpha value is -3.15. The zero-order chi connectivity index (χ0) is 43.7. The largest absolute Gasteiger partial charge is 0.462 e. The van der Waals surface area contributed by atoms with Crippen molar-refractivity contribution in [2.24, 2.45) is 0 Å². The first-order valence-electron chi connectivity index (χ1n) is 24.9. The van der Waals surface area contributed by atoms with E-state index in [1.165, 1.54) is 83.5 Å². The van der Waals surface area contributed by atoms with E-state index in [2.05, 4.69) is 93.7 Å². The molecule has 0 fully saturated rings. The molecule has 0 amide bonds. The molecule has 1 unspecified atom stereocenters. The van der Waals surface area contributed by atoms with Gasteiger partial charge in [-0.2, -0.15) is 0 Å². The molecule has 0 heterocycles. The van der Waals surface area contributed by atoms with Gasteiger partial charge in [0, 0.05) is 19.3 Å². The summed E-state index contributed by atoms with van der Waals surface area (Å²) in [6.45, 7) is 6.42. The van der Waals surface area contributed by atoms with Gasteiger partial charge in [-0.1, -0.05) is 216 Å². The van der Waals surface area contributed by atoms with Crippen LogP contribution in [0.1, 0.15) is 233 Å². The quantitative estimate of drug-likeness (QED) is 0.0263. The number of carbonyl (C=O) groups is 3. The van der Waals surface area contributed by atoms with Crippen molar-refractivity contribution in [2.45, 2.75) is 239 Å². The Balaban J connectivity index is 4.15. The lowest BCUT2D eigenvalue weighted by Gasteiger charge is -2.18. The van der Waals surface area contributed by atoms with Crippen molar-refractivity contribution >= 4 is 17.9 Å². The van der Waals surface area contributed by atoms with Crippen LogP contribution in [0.4, 0.5) is 0 Å². The minimum Gasteiger partial charge on any atom is -0.462 e. The molecule has 1 atom stereocenters. The highest BCUT2D eigenvalue weighted by molar-refractivity contribution is 5.71. The fourth-order valence-electron chi connectivity index (χ4n) is 6.74. The second-order valence-corrected chi connectivity index (χ2v) is 16.4. The molecule has 0 spiro atoms. The van der Waals surface area contributed by atoms with Crippen molar-refractivity contribution in [2.75, 3.05) is 13.2 Å². The van der Waals surface area contributed by atoms with Gasteiger partial charge in [-0.3, -0.25) is 14.4 Å². The minimum atomic E-state index is -0.774. The van der Waals surface area contributed by atoms with Gasteiger partial charge in [-0.25, -0.2) is 0 Å². The van der Waals surface area contributed by atoms with Gasteiger partial charge in [0.15, 0.2) is 6.10 Å². The third-order valence-corrected chi connectivity index (χ3v) is 10.5. The molecular weight excluding hydrogens is 745 g/mol. The van der Waals surface area contributed by atoms with E-state index in [1.54, 1.807) is 0 Å². The maximum atomic E-state index is 12.7. The molecule has 0 aromatic carbocycles. The first kappa shape index (κ1) is 56.9. The summed E-state index contributed by atoms with van der Waals surface area (Å²) < 4.78 is 16.6. The van der Waals surface area contributed by atoms with Gasteiger partial charge in [0.2, 0.25) is 0 Å². The van der Waals surface area contributed by atoms with E-state index in [0.717, 1.165) is 109 Å². The van der Waals surface area contributed by atoms with Crippen LogP contribution in [0.25, 0.3) is 0 Å². The van der Waals surface area contributed by atoms with Gasteiger partial charge in [0.1, 0.15) is 13.2 Å². The van der Waals surface area contributed by atoms with Gasteiger partial charge >= 0.3 is 17.9 Å². The first-order chi connectivity index (χ1) is 29.5. The van der Waals surface area contributed by atoms with E-state index in [9.17, 15) is 14.4 Å². The number of esters is 3. The van der Waals surface area contributed by atoms with Crippen molar-refractivity contribution in [3.05, 3.63) is 72.9 Å². The predicted octanol–water partition coefficient (Wildman–Crippen LogP) is 16.3. The molecule has 0 aromatic rings. The Morgan fingerprint density at radius 3 is 1.02 bits per heavy atom. The molecule has 0 aromatic heterocycles. The fourth-order valence-corrected chi connectivity index (χ4v) is 6.74. The Morgan fingerprint density at radius 1 is 0.350 bits per heavy atom. The Labute approximate surface area is 370 Å². The summed E-state index contributed by atoms with van der Waals surface area (Å²) in [5, 5.41) is 0. The Morgan fingerprint density at radius 2 is 0.650 bits per heavy atom. The molecule has 0 N–H and O–H groups in total. The number of rotatable bonds is 44. The average Bonchev–Trinajstić information content (AvgIpc) is 3.24. The molecule has 60 heavy (non-hydrogen) atoms. The van der Waals surface area contributed by atoms with Crippen LogP contribution in [0.15, 0.2) is 72.9 Å². The monoisotopic (exact) mass is 837 g/mol. The molecule has 6 nitrogen and oxygen atoms in total. The summed E-state index contributed by atoms with van der Waals surface area (Å²) in [6, 6.07) is 0. The maximum absolute atomic E-state index is 12.7. The molecule has 0 bridgehead atoms. The standard InChI is InChI=1S/C54H92O6/c1-4-7-10-13-15-17-19-21-22-23-24-25-26-27-28-29-30-31-32-33-35-36-38-41-44-47-53(56)59-50-51(49-58-52(55)46-43-40-12-9-6-3)60-54(57)48-45-42-39-37-34-20-18-16-14-11-8-5-2/h7,10,15,17,21-22,24-25,27-28,30-31,51H,4-6,8-9,11-14,16,18-20,23,26,29,32-50H2,1-3H3/b10-7-,17-15-,22-21-,25-24-,28-27-,31-30-. The van der Waals surface area contributed by atoms with Crippen LogP contribution in [0.3, 0.4) is 0 Å². The van der Waals surface area contributed by atoms with Crippen LogP contribution in [0.2, 0.25) is 0 Å². The maximum Gasteiger partial charge on any atom is 0.306 e. The molecule has 6 heteroatoms. The fraction of sp³-hybridized carbons (Fsp3) is 0.722. The van der Waals surface area contributed by atoms with Crippen molar-refractivity contribution in [3.8, 4) is 0 Å². The van der Waals surface area contributed by atoms with Crippen molar-refractivity contribution in [1.29, 1.82) is 0 Å². The topological polar surface area (TPSA) is 78.9 Å². The summed E-state index contributed by atoms with van der Waals surface area (Å²) in [7, 11) is 0. The van der Waals surface area contributed by atoms with E-state index in [4.69, 9.17) is 14.2 Å². The zero-order valence-electron chi connectivity index (χ0n) is 39.2. The Bertz CT molecular complexity index is 1140. The molecule has 0 aliphatic rings. The zero-order valence-corrected chi connectivity index (χ0v) is 39.2. The molecule has 0 saturated carbocycles. The van der Waals surface area contributed by atoms with Crippen LogP contribution in [-0.2, 0) is 28.6 Å². The third kappa shape index (κ3) is 45.9. The predicted molar refractivity (Wildman–Crippen MR) is 256 cm³/mol. The van der Waals surface area contributed by atoms with E-state index in [1.807, 2.05) is 0 Å². The van der Waals surface area contributed by atoms with E-state index in [-0.39, 0.29) is 31.1 Å². The second-order valence-electron chi connectivity index (χ2n) is 16.4. The first-order valence-corrected chi connectivity index (χ1v) is 24.9. The highest BCUT2D eigenvalue weighted by Gasteiger charge is 2.19. The summed E-state index contributed by atoms with van der Waals surface area (Å²) in [4.78, 5) is 37.6. The molecular formula is C54H92O6. The average molecular weight is 837 g/mol. The van der Waals surface area contributed by atoms with Crippen LogP contribution in [-0.4, -0.2) is 37.2 Å². The number of ether oxygens (including phenoxy) is 3. The van der Waals surface area contributed by atoms with Crippen molar-refractivity contribution in [3.63, 3.8) is 0 Å². The third-order valence-electron chi connectivity index (χ3n) is 10.5. The number of hydrogen-bond donors (Lipinski definition) is 0. The SMILES string of the molecule is CC/C=C\C/C=C\C/C=C\C/C=C\C/C=C\C/C=C\CCCCCCCCC(=O)OCC(COC(=O)CCCCCCC)OC(=O)CCCCCCCCCCCCCC. The molecule has 0 rings (SSSR count). The molecule has 344 valence electrons. The van der Waals surface area contributed by atoms with E-state index >= 15 is 0 Å². The van der Waals surface area contributed by atoms with E-state index < -0.39 is 6.10 Å². The van der Waals surface area contributed by atoms with Crippen LogP contribution < -0.4 is 0 Å². The summed E-state index contributed by atoms with van der Waals surface area (Å²) in [5.74, 6) is -0.909. The summed E-state index contributed by atoms with van der Waals surface area (Å²) >= 11 is 0. The molecule has 0 aliphatic carbocycles. The summed E-state index contributed by atoms with van der Waals surface area (Å²) in [6.07, 6.45) is 60.6. The minimum absolute atomic E-state index is 0.0795. The normalized spacial score (nSPS) is 12.7. The van der Waals surface area contributed by atoms with Crippen LogP contribution in [0, 0.1) is 0 Å². The highest BCUT2D eigenvalue weighted by atomic mass is 16.6. The van der Waals surface area contributed by atoms with Crippen LogP contribution in [0.5, 0.6) is 0 Å².